The lowest BCUT2D eigenvalue weighted by Gasteiger charge is -2.11. The topological polar surface area (TPSA) is 84.7 Å². The molecule has 1 aliphatic rings. The van der Waals surface area contributed by atoms with Gasteiger partial charge in [-0.15, -0.1) is 0 Å². The van der Waals surface area contributed by atoms with Crippen LogP contribution in [0.3, 0.4) is 0 Å². The number of carbonyl (C=O) groups excluding carboxylic acids is 3. The first-order valence-electron chi connectivity index (χ1n) is 8.39. The molecule has 28 heavy (non-hydrogen) atoms. The molecule has 2 heterocycles. The van der Waals surface area contributed by atoms with Crippen LogP contribution in [0.25, 0.3) is 17.0 Å². The first-order valence-corrected chi connectivity index (χ1v) is 9.21. The van der Waals surface area contributed by atoms with Crippen LogP contribution in [0.2, 0.25) is 0 Å². The molecule has 2 aromatic carbocycles. The molecule has 0 radical (unpaired) electrons. The Morgan fingerprint density at radius 1 is 1.00 bits per heavy atom. The molecule has 1 aromatic heterocycles. The normalized spacial score (nSPS) is 15.6. The SMILES string of the molecule is O=C(CN1C(=O)S/C(=C\c2cc3ccccc3oc2=O)C1=O)c1ccccc1. The third kappa shape index (κ3) is 3.39. The molecule has 0 unspecified atom stereocenters. The number of benzene rings is 2. The number of amides is 2. The van der Waals surface area contributed by atoms with Gasteiger partial charge in [0, 0.05) is 10.9 Å². The number of Topliss-reactive ketones (excluding diaryl/α,β-unsaturated/α-hetero) is 1. The number of fused-ring (bicyclic) bond motifs is 1. The first kappa shape index (κ1) is 17.9. The number of thioether (sulfide) groups is 1. The average Bonchev–Trinajstić information content (AvgIpc) is 2.96. The van der Waals surface area contributed by atoms with Crippen molar-refractivity contribution in [1.82, 2.24) is 4.90 Å². The molecule has 138 valence electrons. The van der Waals surface area contributed by atoms with Crippen LogP contribution in [0.1, 0.15) is 15.9 Å². The second kappa shape index (κ2) is 7.28. The molecule has 1 fully saturated rings. The summed E-state index contributed by atoms with van der Waals surface area (Å²) in [5, 5.41) is 0.151. The van der Waals surface area contributed by atoms with Gasteiger partial charge in [-0.2, -0.15) is 0 Å². The fourth-order valence-corrected chi connectivity index (χ4v) is 3.64. The first-order chi connectivity index (χ1) is 13.5. The van der Waals surface area contributed by atoms with Gasteiger partial charge in [-0.3, -0.25) is 19.3 Å². The molecule has 7 heteroatoms. The lowest BCUT2D eigenvalue weighted by molar-refractivity contribution is -0.122. The smallest absolute Gasteiger partial charge is 0.343 e. The summed E-state index contributed by atoms with van der Waals surface area (Å²) in [5.41, 5.74) is 0.413. The summed E-state index contributed by atoms with van der Waals surface area (Å²) in [6.45, 7) is -0.349. The Morgan fingerprint density at radius 2 is 1.71 bits per heavy atom. The van der Waals surface area contributed by atoms with Gasteiger partial charge >= 0.3 is 5.63 Å². The van der Waals surface area contributed by atoms with Crippen LogP contribution < -0.4 is 5.63 Å². The minimum Gasteiger partial charge on any atom is -0.422 e. The van der Waals surface area contributed by atoms with E-state index in [1.54, 1.807) is 60.7 Å². The molecule has 0 saturated carbocycles. The van der Waals surface area contributed by atoms with Crippen LogP contribution in [0.15, 0.2) is 74.8 Å². The number of carbonyl (C=O) groups is 3. The van der Waals surface area contributed by atoms with Crippen LogP contribution >= 0.6 is 11.8 Å². The highest BCUT2D eigenvalue weighted by Gasteiger charge is 2.36. The van der Waals surface area contributed by atoms with Crippen molar-refractivity contribution in [1.29, 1.82) is 0 Å². The highest BCUT2D eigenvalue weighted by Crippen LogP contribution is 2.32. The maximum atomic E-state index is 12.6. The zero-order valence-corrected chi connectivity index (χ0v) is 15.3. The molecule has 1 aliphatic heterocycles. The van der Waals surface area contributed by atoms with Gasteiger partial charge in [0.2, 0.25) is 0 Å². The van der Waals surface area contributed by atoms with Crippen molar-refractivity contribution in [3.05, 3.63) is 87.1 Å². The van der Waals surface area contributed by atoms with E-state index in [-0.39, 0.29) is 22.8 Å². The van der Waals surface area contributed by atoms with Gasteiger partial charge < -0.3 is 4.42 Å². The van der Waals surface area contributed by atoms with Gasteiger partial charge in [-0.1, -0.05) is 48.5 Å². The minimum atomic E-state index is -0.606. The van der Waals surface area contributed by atoms with E-state index in [1.807, 2.05) is 0 Å². The summed E-state index contributed by atoms with van der Waals surface area (Å²) in [5.74, 6) is -0.943. The van der Waals surface area contributed by atoms with Crippen LogP contribution in [0.4, 0.5) is 4.79 Å². The molecule has 0 atom stereocenters. The zero-order valence-electron chi connectivity index (χ0n) is 14.5. The Balaban J connectivity index is 1.61. The molecule has 1 saturated heterocycles. The fourth-order valence-electron chi connectivity index (χ4n) is 2.82. The quantitative estimate of drug-likeness (QED) is 0.383. The molecule has 0 N–H and O–H groups in total. The van der Waals surface area contributed by atoms with E-state index >= 15 is 0 Å². The van der Waals surface area contributed by atoms with Crippen molar-refractivity contribution in [2.75, 3.05) is 6.54 Å². The Hall–Kier alpha value is -3.45. The summed E-state index contributed by atoms with van der Waals surface area (Å²) in [6.07, 6.45) is 1.33. The Bertz CT molecular complexity index is 1200. The van der Waals surface area contributed by atoms with Crippen molar-refractivity contribution < 1.29 is 18.8 Å². The number of hydrogen-bond acceptors (Lipinski definition) is 6. The predicted molar refractivity (Wildman–Crippen MR) is 106 cm³/mol. The monoisotopic (exact) mass is 391 g/mol. The third-order valence-electron chi connectivity index (χ3n) is 4.23. The molecule has 4 rings (SSSR count). The Kier molecular flexibility index (Phi) is 4.67. The van der Waals surface area contributed by atoms with Gasteiger partial charge in [0.05, 0.1) is 17.0 Å². The zero-order chi connectivity index (χ0) is 19.7. The largest absolute Gasteiger partial charge is 0.422 e. The molecule has 2 amide bonds. The van der Waals surface area contributed by atoms with Crippen LogP contribution in [-0.2, 0) is 4.79 Å². The van der Waals surface area contributed by atoms with Gasteiger partial charge in [0.15, 0.2) is 5.78 Å². The molecule has 0 spiro atoms. The van der Waals surface area contributed by atoms with Crippen LogP contribution in [0, 0.1) is 0 Å². The van der Waals surface area contributed by atoms with Crippen LogP contribution in [0.5, 0.6) is 0 Å². The lowest BCUT2D eigenvalue weighted by atomic mass is 10.1. The summed E-state index contributed by atoms with van der Waals surface area (Å²) in [7, 11) is 0. The van der Waals surface area contributed by atoms with E-state index in [0.717, 1.165) is 4.90 Å². The Labute approximate surface area is 163 Å². The van der Waals surface area contributed by atoms with Crippen molar-refractivity contribution in [2.45, 2.75) is 0 Å². The second-order valence-electron chi connectivity index (χ2n) is 6.08. The average molecular weight is 391 g/mol. The fraction of sp³-hybridized carbons (Fsp3) is 0.0476. The van der Waals surface area contributed by atoms with Gasteiger partial charge in [-0.25, -0.2) is 4.79 Å². The molecular formula is C21H13NO5S. The van der Waals surface area contributed by atoms with E-state index in [4.69, 9.17) is 4.42 Å². The summed E-state index contributed by atoms with van der Waals surface area (Å²) < 4.78 is 5.24. The third-order valence-corrected chi connectivity index (χ3v) is 5.13. The van der Waals surface area contributed by atoms with Crippen molar-refractivity contribution in [3.8, 4) is 0 Å². The molecular weight excluding hydrogens is 378 g/mol. The molecule has 0 aliphatic carbocycles. The van der Waals surface area contributed by atoms with E-state index in [2.05, 4.69) is 0 Å². The maximum Gasteiger partial charge on any atom is 0.343 e. The maximum absolute atomic E-state index is 12.6. The van der Waals surface area contributed by atoms with E-state index in [1.165, 1.54) is 6.08 Å². The highest BCUT2D eigenvalue weighted by atomic mass is 32.2. The van der Waals surface area contributed by atoms with Gasteiger partial charge in [0.25, 0.3) is 11.1 Å². The summed E-state index contributed by atoms with van der Waals surface area (Å²) >= 11 is 0.694. The summed E-state index contributed by atoms with van der Waals surface area (Å²) in [4.78, 5) is 50.3. The lowest BCUT2D eigenvalue weighted by Crippen LogP contribution is -2.33. The van der Waals surface area contributed by atoms with Crippen LogP contribution in [-0.4, -0.2) is 28.4 Å². The van der Waals surface area contributed by atoms with Gasteiger partial charge in [-0.05, 0) is 30.0 Å². The minimum absolute atomic E-state index is 0.0773. The van der Waals surface area contributed by atoms with E-state index in [0.29, 0.717) is 28.3 Å². The second-order valence-corrected chi connectivity index (χ2v) is 7.08. The predicted octanol–water partition coefficient (Wildman–Crippen LogP) is 3.71. The summed E-state index contributed by atoms with van der Waals surface area (Å²) in [6, 6.07) is 17.0. The number of para-hydroxylation sites is 1. The number of imide groups is 1. The van der Waals surface area contributed by atoms with Crippen molar-refractivity contribution >= 4 is 45.7 Å². The molecule has 6 nitrogen and oxygen atoms in total. The van der Waals surface area contributed by atoms with E-state index in [9.17, 15) is 19.2 Å². The number of nitrogens with zero attached hydrogens (tertiary/aromatic N) is 1. The van der Waals surface area contributed by atoms with E-state index < -0.39 is 16.8 Å². The standard InChI is InChI=1S/C21H13NO5S/c23-16(13-6-2-1-3-7-13)12-22-19(24)18(28-21(22)26)11-15-10-14-8-4-5-9-17(14)27-20(15)25/h1-11H,12H2/b18-11-. The molecule has 3 aromatic rings. The van der Waals surface area contributed by atoms with Crippen molar-refractivity contribution in [3.63, 3.8) is 0 Å². The Morgan fingerprint density at radius 3 is 2.50 bits per heavy atom. The van der Waals surface area contributed by atoms with Crippen molar-refractivity contribution in [2.24, 2.45) is 0 Å². The molecule has 0 bridgehead atoms. The number of hydrogen-bond donors (Lipinski definition) is 0. The van der Waals surface area contributed by atoms with Gasteiger partial charge in [0.1, 0.15) is 5.58 Å². The number of rotatable bonds is 4. The number of ketones is 1. The highest BCUT2D eigenvalue weighted by molar-refractivity contribution is 8.18.